The number of halogens is 1. The predicted octanol–water partition coefficient (Wildman–Crippen LogP) is 3.37. The molecular formula is C19H20ClN3O. The van der Waals surface area contributed by atoms with Crippen LogP contribution >= 0.6 is 11.6 Å². The molecule has 5 heteroatoms. The fraction of sp³-hybridized carbons (Fsp3) is 0.368. The molecule has 124 valence electrons. The van der Waals surface area contributed by atoms with E-state index in [2.05, 4.69) is 15.2 Å². The van der Waals surface area contributed by atoms with Gasteiger partial charge in [-0.3, -0.25) is 9.78 Å². The van der Waals surface area contributed by atoms with Crippen LogP contribution in [0, 0.1) is 0 Å². The third-order valence-corrected chi connectivity index (χ3v) is 5.30. The first-order valence-corrected chi connectivity index (χ1v) is 8.84. The highest BCUT2D eigenvalue weighted by atomic mass is 35.5. The van der Waals surface area contributed by atoms with Gasteiger partial charge in [0.2, 0.25) is 0 Å². The molecule has 2 fully saturated rings. The van der Waals surface area contributed by atoms with Gasteiger partial charge < -0.3 is 10.2 Å². The summed E-state index contributed by atoms with van der Waals surface area (Å²) in [5.74, 6) is 0.106. The van der Waals surface area contributed by atoms with Crippen LogP contribution < -0.4 is 5.32 Å². The Hall–Kier alpha value is -1.91. The highest BCUT2D eigenvalue weighted by Crippen LogP contribution is 2.30. The van der Waals surface area contributed by atoms with Crippen molar-refractivity contribution < 1.29 is 4.79 Å². The minimum absolute atomic E-state index is 0.106. The van der Waals surface area contributed by atoms with E-state index in [4.69, 9.17) is 11.6 Å². The topological polar surface area (TPSA) is 45.2 Å². The maximum absolute atomic E-state index is 13.1. The van der Waals surface area contributed by atoms with Crippen molar-refractivity contribution in [2.45, 2.75) is 31.3 Å². The van der Waals surface area contributed by atoms with E-state index in [-0.39, 0.29) is 5.91 Å². The van der Waals surface area contributed by atoms with Crippen LogP contribution in [0.4, 0.5) is 0 Å². The minimum Gasteiger partial charge on any atom is -0.331 e. The molecule has 1 amide bonds. The van der Waals surface area contributed by atoms with Crippen LogP contribution in [0.15, 0.2) is 42.7 Å². The smallest absolute Gasteiger partial charge is 0.255 e. The average molecular weight is 342 g/mol. The van der Waals surface area contributed by atoms with Crippen LogP contribution in [-0.2, 0) is 0 Å². The number of nitrogens with zero attached hydrogens (tertiary/aromatic N) is 2. The predicted molar refractivity (Wildman–Crippen MR) is 95.1 cm³/mol. The van der Waals surface area contributed by atoms with Crippen LogP contribution in [-0.4, -0.2) is 41.0 Å². The van der Waals surface area contributed by atoms with Gasteiger partial charge in [-0.25, -0.2) is 0 Å². The third-order valence-electron chi connectivity index (χ3n) is 5.05. The second-order valence-corrected chi connectivity index (χ2v) is 7.00. The van der Waals surface area contributed by atoms with Gasteiger partial charge in [0, 0.05) is 41.6 Å². The molecule has 4 rings (SSSR count). The molecule has 2 aliphatic heterocycles. The van der Waals surface area contributed by atoms with Crippen LogP contribution in [0.1, 0.15) is 29.6 Å². The van der Waals surface area contributed by atoms with Crippen LogP contribution in [0.3, 0.4) is 0 Å². The molecule has 0 radical (unpaired) electrons. The van der Waals surface area contributed by atoms with Crippen molar-refractivity contribution in [3.8, 4) is 11.1 Å². The fourth-order valence-electron chi connectivity index (χ4n) is 3.82. The summed E-state index contributed by atoms with van der Waals surface area (Å²) < 4.78 is 0. The fourth-order valence-corrected chi connectivity index (χ4v) is 3.95. The summed E-state index contributed by atoms with van der Waals surface area (Å²) in [5.41, 5.74) is 2.63. The molecule has 4 nitrogen and oxygen atoms in total. The maximum Gasteiger partial charge on any atom is 0.255 e. The third kappa shape index (κ3) is 2.92. The van der Waals surface area contributed by atoms with E-state index in [1.165, 1.54) is 0 Å². The number of carbonyl (C=O) groups excluding carboxylic acids is 1. The molecule has 1 aromatic heterocycles. The lowest BCUT2D eigenvalue weighted by molar-refractivity contribution is 0.0680. The lowest BCUT2D eigenvalue weighted by Gasteiger charge is -2.28. The maximum atomic E-state index is 13.1. The summed E-state index contributed by atoms with van der Waals surface area (Å²) in [7, 11) is 0. The largest absolute Gasteiger partial charge is 0.331 e. The van der Waals surface area contributed by atoms with Gasteiger partial charge in [0.05, 0.1) is 5.56 Å². The second-order valence-electron chi connectivity index (χ2n) is 6.56. The van der Waals surface area contributed by atoms with E-state index in [0.717, 1.165) is 43.5 Å². The molecule has 3 heterocycles. The van der Waals surface area contributed by atoms with E-state index < -0.39 is 0 Å². The lowest BCUT2D eigenvalue weighted by atomic mass is 10.1. The van der Waals surface area contributed by atoms with Gasteiger partial charge in [-0.2, -0.15) is 0 Å². The Morgan fingerprint density at radius 3 is 2.71 bits per heavy atom. The Bertz CT molecular complexity index is 733. The van der Waals surface area contributed by atoms with Crippen molar-refractivity contribution in [1.82, 2.24) is 15.2 Å². The summed E-state index contributed by atoms with van der Waals surface area (Å²) in [6, 6.07) is 10.2. The zero-order valence-corrected chi connectivity index (χ0v) is 14.2. The number of nitrogens with one attached hydrogen (secondary N) is 1. The van der Waals surface area contributed by atoms with Crippen LogP contribution in [0.25, 0.3) is 11.1 Å². The molecule has 2 aliphatic rings. The van der Waals surface area contributed by atoms with Gasteiger partial charge in [-0.05, 0) is 49.6 Å². The number of carbonyl (C=O) groups is 1. The van der Waals surface area contributed by atoms with Gasteiger partial charge in [-0.15, -0.1) is 0 Å². The number of amides is 1. The molecule has 1 aromatic carbocycles. The highest BCUT2D eigenvalue weighted by molar-refractivity contribution is 6.30. The van der Waals surface area contributed by atoms with Crippen molar-refractivity contribution in [3.05, 3.63) is 53.3 Å². The number of hydrogen-bond acceptors (Lipinski definition) is 3. The summed E-state index contributed by atoms with van der Waals surface area (Å²) in [6.07, 6.45) is 6.71. The summed E-state index contributed by atoms with van der Waals surface area (Å²) in [4.78, 5) is 19.5. The van der Waals surface area contributed by atoms with Gasteiger partial charge in [-0.1, -0.05) is 23.7 Å². The monoisotopic (exact) mass is 341 g/mol. The van der Waals surface area contributed by atoms with E-state index in [1.54, 1.807) is 12.4 Å². The quantitative estimate of drug-likeness (QED) is 0.911. The van der Waals surface area contributed by atoms with Gasteiger partial charge >= 0.3 is 0 Å². The van der Waals surface area contributed by atoms with E-state index in [0.29, 0.717) is 22.7 Å². The molecule has 24 heavy (non-hydrogen) atoms. The van der Waals surface area contributed by atoms with Crippen LogP contribution in [0.5, 0.6) is 0 Å². The van der Waals surface area contributed by atoms with Gasteiger partial charge in [0.1, 0.15) is 0 Å². The Labute approximate surface area is 146 Å². The molecule has 2 atom stereocenters. The van der Waals surface area contributed by atoms with Crippen molar-refractivity contribution >= 4 is 17.5 Å². The average Bonchev–Trinajstić information content (AvgIpc) is 2.88. The number of rotatable bonds is 2. The lowest BCUT2D eigenvalue weighted by Crippen LogP contribution is -2.42. The molecule has 0 spiro atoms. The molecule has 2 bridgehead atoms. The first kappa shape index (κ1) is 15.6. The molecule has 0 aliphatic carbocycles. The van der Waals surface area contributed by atoms with E-state index in [1.807, 2.05) is 30.3 Å². The Morgan fingerprint density at radius 1 is 1.08 bits per heavy atom. The Balaban J connectivity index is 1.63. The van der Waals surface area contributed by atoms with Crippen molar-refractivity contribution in [1.29, 1.82) is 0 Å². The number of aromatic nitrogens is 1. The van der Waals surface area contributed by atoms with Crippen LogP contribution in [0.2, 0.25) is 5.02 Å². The normalized spacial score (nSPS) is 23.1. The molecule has 0 saturated carbocycles. The van der Waals surface area contributed by atoms with Gasteiger partial charge in [0.15, 0.2) is 0 Å². The standard InChI is InChI=1S/C19H20ClN3O/c20-16-3-1-13(2-4-16)14-9-15(11-22-10-14)19(24)23-17-5-6-18(23)12-21-8-7-17/h1-4,9-11,17-18,21H,5-8,12H2. The molecule has 2 unspecified atom stereocenters. The number of benzene rings is 1. The van der Waals surface area contributed by atoms with E-state index >= 15 is 0 Å². The summed E-state index contributed by atoms with van der Waals surface area (Å²) in [5, 5.41) is 4.14. The zero-order chi connectivity index (χ0) is 16.5. The first-order chi connectivity index (χ1) is 11.7. The molecule has 2 saturated heterocycles. The zero-order valence-electron chi connectivity index (χ0n) is 13.4. The Morgan fingerprint density at radius 2 is 1.88 bits per heavy atom. The van der Waals surface area contributed by atoms with E-state index in [9.17, 15) is 4.79 Å². The second kappa shape index (κ2) is 6.54. The molecule has 2 aromatic rings. The SMILES string of the molecule is O=C(c1cncc(-c2ccc(Cl)cc2)c1)N1C2CCNCC1CC2. The van der Waals surface area contributed by atoms with Gasteiger partial charge in [0.25, 0.3) is 5.91 Å². The van der Waals surface area contributed by atoms with Crippen molar-refractivity contribution in [3.63, 3.8) is 0 Å². The van der Waals surface area contributed by atoms with Crippen molar-refractivity contribution in [2.75, 3.05) is 13.1 Å². The number of pyridine rings is 1. The summed E-state index contributed by atoms with van der Waals surface area (Å²) in [6.45, 7) is 1.89. The van der Waals surface area contributed by atoms with Crippen molar-refractivity contribution in [2.24, 2.45) is 0 Å². The molecule has 1 N–H and O–H groups in total. The molecular weight excluding hydrogens is 322 g/mol. The Kier molecular flexibility index (Phi) is 4.25. The number of fused-ring (bicyclic) bond motifs is 2. The first-order valence-electron chi connectivity index (χ1n) is 8.47. The summed E-state index contributed by atoms with van der Waals surface area (Å²) >= 11 is 5.95. The highest BCUT2D eigenvalue weighted by Gasteiger charge is 2.38. The number of hydrogen-bond donors (Lipinski definition) is 1. The minimum atomic E-state index is 0.106.